The minimum atomic E-state index is -2.81. The summed E-state index contributed by atoms with van der Waals surface area (Å²) in [7, 11) is 0. The number of rotatable bonds is 2. The second kappa shape index (κ2) is 5.61. The number of hydrogen-bond acceptors (Lipinski definition) is 3. The molecule has 0 saturated carbocycles. The monoisotopic (exact) mass is 307 g/mol. The van der Waals surface area contributed by atoms with Gasteiger partial charge in [0.25, 0.3) is 5.92 Å². The minimum absolute atomic E-state index is 0.0913. The molecule has 1 saturated heterocycles. The van der Waals surface area contributed by atoms with Gasteiger partial charge in [0.1, 0.15) is 5.82 Å². The van der Waals surface area contributed by atoms with Crippen molar-refractivity contribution < 1.29 is 13.2 Å². The van der Waals surface area contributed by atoms with E-state index in [9.17, 15) is 13.2 Å². The standard InChI is InChI=1S/C16H16F3N3/c17-12-3-1-2-11(8-12)14-5-4-13(9-21-14)22-7-6-16(18,19)15(20)10-22/h1-5,8-9,15H,6-7,10,20H2. The van der Waals surface area contributed by atoms with E-state index in [1.54, 1.807) is 35.4 Å². The highest BCUT2D eigenvalue weighted by molar-refractivity contribution is 5.61. The van der Waals surface area contributed by atoms with E-state index in [0.29, 0.717) is 11.3 Å². The van der Waals surface area contributed by atoms with Crippen molar-refractivity contribution in [1.29, 1.82) is 0 Å². The average Bonchev–Trinajstić information content (AvgIpc) is 2.50. The van der Waals surface area contributed by atoms with Crippen LogP contribution >= 0.6 is 0 Å². The summed E-state index contributed by atoms with van der Waals surface area (Å²) in [4.78, 5) is 6.09. The van der Waals surface area contributed by atoms with Crippen LogP contribution in [-0.4, -0.2) is 30.0 Å². The molecular formula is C16H16F3N3. The highest BCUT2D eigenvalue weighted by Gasteiger charge is 2.41. The lowest BCUT2D eigenvalue weighted by molar-refractivity contribution is -0.0393. The number of alkyl halides is 2. The summed E-state index contributed by atoms with van der Waals surface area (Å²) >= 11 is 0. The molecule has 0 radical (unpaired) electrons. The van der Waals surface area contributed by atoms with E-state index in [2.05, 4.69) is 4.98 Å². The highest BCUT2D eigenvalue weighted by Crippen LogP contribution is 2.30. The number of hydrogen-bond donors (Lipinski definition) is 1. The van der Waals surface area contributed by atoms with Crippen molar-refractivity contribution in [1.82, 2.24) is 4.98 Å². The zero-order valence-electron chi connectivity index (χ0n) is 11.8. The van der Waals surface area contributed by atoms with E-state index >= 15 is 0 Å². The van der Waals surface area contributed by atoms with Crippen LogP contribution in [0.1, 0.15) is 6.42 Å². The van der Waals surface area contributed by atoms with E-state index < -0.39 is 12.0 Å². The molecule has 1 aliphatic rings. The van der Waals surface area contributed by atoms with Gasteiger partial charge in [0.15, 0.2) is 0 Å². The van der Waals surface area contributed by atoms with Gasteiger partial charge in [-0.3, -0.25) is 4.98 Å². The SMILES string of the molecule is NC1CN(c2ccc(-c3cccc(F)c3)nc2)CCC1(F)F. The first kappa shape index (κ1) is 14.8. The summed E-state index contributed by atoms with van der Waals surface area (Å²) in [6.07, 6.45) is 1.34. The van der Waals surface area contributed by atoms with Gasteiger partial charge in [-0.15, -0.1) is 0 Å². The summed E-state index contributed by atoms with van der Waals surface area (Å²) in [5, 5.41) is 0. The molecule has 1 aromatic carbocycles. The summed E-state index contributed by atoms with van der Waals surface area (Å²) in [6.45, 7) is 0.329. The van der Waals surface area contributed by atoms with Crippen molar-refractivity contribution in [3.63, 3.8) is 0 Å². The second-order valence-electron chi connectivity index (χ2n) is 5.48. The first-order valence-corrected chi connectivity index (χ1v) is 7.06. The lowest BCUT2D eigenvalue weighted by Gasteiger charge is -2.37. The van der Waals surface area contributed by atoms with Gasteiger partial charge in [0.2, 0.25) is 0 Å². The first-order chi connectivity index (χ1) is 10.5. The maximum absolute atomic E-state index is 13.4. The maximum atomic E-state index is 13.4. The molecule has 0 bridgehead atoms. The minimum Gasteiger partial charge on any atom is -0.368 e. The third-order valence-electron chi connectivity index (χ3n) is 3.91. The van der Waals surface area contributed by atoms with Crippen molar-refractivity contribution in [3.8, 4) is 11.3 Å². The normalized spacial score (nSPS) is 20.9. The molecule has 1 unspecified atom stereocenters. The largest absolute Gasteiger partial charge is 0.368 e. The number of anilines is 1. The Hall–Kier alpha value is -2.08. The van der Waals surface area contributed by atoms with Crippen LogP contribution in [0.15, 0.2) is 42.6 Å². The molecule has 0 spiro atoms. The third kappa shape index (κ3) is 2.92. The quantitative estimate of drug-likeness (QED) is 0.927. The molecule has 2 heterocycles. The van der Waals surface area contributed by atoms with Gasteiger partial charge in [0, 0.05) is 25.1 Å². The lowest BCUT2D eigenvalue weighted by atomic mass is 10.0. The molecule has 2 aromatic rings. The van der Waals surface area contributed by atoms with Crippen molar-refractivity contribution in [2.75, 3.05) is 18.0 Å². The summed E-state index contributed by atoms with van der Waals surface area (Å²) < 4.78 is 40.0. The van der Waals surface area contributed by atoms with E-state index in [1.165, 1.54) is 12.1 Å². The van der Waals surface area contributed by atoms with Gasteiger partial charge in [-0.25, -0.2) is 13.2 Å². The lowest BCUT2D eigenvalue weighted by Crippen LogP contribution is -2.55. The van der Waals surface area contributed by atoms with Gasteiger partial charge in [-0.1, -0.05) is 12.1 Å². The Balaban J connectivity index is 1.78. The van der Waals surface area contributed by atoms with Gasteiger partial charge in [0.05, 0.1) is 23.6 Å². The molecule has 2 N–H and O–H groups in total. The molecule has 1 aromatic heterocycles. The third-order valence-corrected chi connectivity index (χ3v) is 3.91. The number of benzene rings is 1. The Bertz CT molecular complexity index is 658. The number of piperidine rings is 1. The van der Waals surface area contributed by atoms with Crippen LogP contribution in [0.25, 0.3) is 11.3 Å². The number of aromatic nitrogens is 1. The van der Waals surface area contributed by atoms with Gasteiger partial charge >= 0.3 is 0 Å². The Morgan fingerprint density at radius 1 is 1.23 bits per heavy atom. The number of halogens is 3. The van der Waals surface area contributed by atoms with Crippen LogP contribution in [-0.2, 0) is 0 Å². The van der Waals surface area contributed by atoms with Crippen LogP contribution in [0.3, 0.4) is 0 Å². The van der Waals surface area contributed by atoms with Crippen LogP contribution in [0, 0.1) is 5.82 Å². The second-order valence-corrected chi connectivity index (χ2v) is 5.48. The molecule has 1 atom stereocenters. The predicted molar refractivity (Wildman–Crippen MR) is 79.4 cm³/mol. The van der Waals surface area contributed by atoms with Crippen LogP contribution < -0.4 is 10.6 Å². The molecule has 0 amide bonds. The topological polar surface area (TPSA) is 42.1 Å². The molecule has 3 nitrogen and oxygen atoms in total. The molecular weight excluding hydrogens is 291 g/mol. The Kier molecular flexibility index (Phi) is 3.78. The molecule has 22 heavy (non-hydrogen) atoms. The van der Waals surface area contributed by atoms with Crippen molar-refractivity contribution in [2.24, 2.45) is 5.73 Å². The fourth-order valence-corrected chi connectivity index (χ4v) is 2.56. The first-order valence-electron chi connectivity index (χ1n) is 7.06. The number of pyridine rings is 1. The van der Waals surface area contributed by atoms with E-state index in [-0.39, 0.29) is 25.3 Å². The fourth-order valence-electron chi connectivity index (χ4n) is 2.56. The zero-order chi connectivity index (χ0) is 15.7. The molecule has 1 fully saturated rings. The molecule has 1 aliphatic heterocycles. The fraction of sp³-hybridized carbons (Fsp3) is 0.312. The van der Waals surface area contributed by atoms with Crippen molar-refractivity contribution >= 4 is 5.69 Å². The zero-order valence-corrected chi connectivity index (χ0v) is 11.8. The van der Waals surface area contributed by atoms with Crippen molar-refractivity contribution in [2.45, 2.75) is 18.4 Å². The highest BCUT2D eigenvalue weighted by atomic mass is 19.3. The summed E-state index contributed by atoms with van der Waals surface area (Å²) in [6, 6.07) is 8.52. The summed E-state index contributed by atoms with van der Waals surface area (Å²) in [5.74, 6) is -3.14. The van der Waals surface area contributed by atoms with Gasteiger partial charge in [-0.05, 0) is 24.3 Å². The van der Waals surface area contributed by atoms with Crippen LogP contribution in [0.4, 0.5) is 18.9 Å². The van der Waals surface area contributed by atoms with Gasteiger partial charge in [-0.2, -0.15) is 0 Å². The molecule has 6 heteroatoms. The molecule has 116 valence electrons. The van der Waals surface area contributed by atoms with E-state index in [4.69, 9.17) is 5.73 Å². The molecule has 0 aliphatic carbocycles. The van der Waals surface area contributed by atoms with Crippen LogP contribution in [0.5, 0.6) is 0 Å². The summed E-state index contributed by atoms with van der Waals surface area (Å²) in [5.41, 5.74) is 7.57. The van der Waals surface area contributed by atoms with E-state index in [0.717, 1.165) is 5.69 Å². The Morgan fingerprint density at radius 3 is 2.68 bits per heavy atom. The average molecular weight is 307 g/mol. The van der Waals surface area contributed by atoms with Gasteiger partial charge < -0.3 is 10.6 Å². The maximum Gasteiger partial charge on any atom is 0.266 e. The Morgan fingerprint density at radius 2 is 2.05 bits per heavy atom. The smallest absolute Gasteiger partial charge is 0.266 e. The molecule has 3 rings (SSSR count). The van der Waals surface area contributed by atoms with Crippen molar-refractivity contribution in [3.05, 3.63) is 48.4 Å². The Labute approximate surface area is 126 Å². The predicted octanol–water partition coefficient (Wildman–Crippen LogP) is 3.06. The number of nitrogens with zero attached hydrogens (tertiary/aromatic N) is 2. The van der Waals surface area contributed by atoms with Crippen LogP contribution in [0.2, 0.25) is 0 Å². The van der Waals surface area contributed by atoms with E-state index in [1.807, 2.05) is 0 Å². The number of nitrogens with two attached hydrogens (primary N) is 1.